The number of benzene rings is 1. The number of nitrogens with zero attached hydrogens (tertiary/aromatic N) is 1. The lowest BCUT2D eigenvalue weighted by Crippen LogP contribution is -2.47. The molecule has 1 aromatic rings. The number of allylic oxidation sites excluding steroid dienone is 1. The number of nitrogens with one attached hydrogen (secondary N) is 2. The van der Waals surface area contributed by atoms with Crippen molar-refractivity contribution >= 4 is 46.4 Å². The largest absolute Gasteiger partial charge is 0.351 e. The van der Waals surface area contributed by atoms with Crippen molar-refractivity contribution in [2.45, 2.75) is 26.8 Å². The van der Waals surface area contributed by atoms with E-state index in [0.717, 1.165) is 11.3 Å². The minimum absolute atomic E-state index is 0.0222. The van der Waals surface area contributed by atoms with Gasteiger partial charge in [0, 0.05) is 18.8 Å². The number of likely N-dealkylation sites (N-methyl/N-ethyl adjacent to an activating group) is 1. The van der Waals surface area contributed by atoms with Gasteiger partial charge in [-0.15, -0.1) is 0 Å². The van der Waals surface area contributed by atoms with E-state index in [2.05, 4.69) is 10.6 Å². The second-order valence-electron chi connectivity index (χ2n) is 5.22. The number of hydrogen-bond donors (Lipinski definition) is 2. The number of rotatable bonds is 4. The highest BCUT2D eigenvalue weighted by Gasteiger charge is 2.32. The fraction of sp³-hybridized carbons (Fsp3) is 0.375. The Labute approximate surface area is 151 Å². The third kappa shape index (κ3) is 3.79. The molecule has 0 saturated carbocycles. The fourth-order valence-corrected chi connectivity index (χ4v) is 3.18. The molecule has 124 valence electrons. The van der Waals surface area contributed by atoms with Crippen molar-refractivity contribution in [1.29, 1.82) is 0 Å². The van der Waals surface area contributed by atoms with E-state index in [4.69, 9.17) is 35.4 Å². The molecule has 1 amide bonds. The van der Waals surface area contributed by atoms with Crippen LogP contribution in [0, 0.1) is 0 Å². The number of halogens is 2. The van der Waals surface area contributed by atoms with E-state index >= 15 is 0 Å². The Morgan fingerprint density at radius 1 is 1.26 bits per heavy atom. The second-order valence-corrected chi connectivity index (χ2v) is 6.44. The third-order valence-corrected chi connectivity index (χ3v) is 4.79. The summed E-state index contributed by atoms with van der Waals surface area (Å²) in [4.78, 5) is 14.7. The van der Waals surface area contributed by atoms with E-state index in [1.165, 1.54) is 0 Å². The smallest absolute Gasteiger partial charge is 0.253 e. The Morgan fingerprint density at radius 2 is 1.91 bits per heavy atom. The molecule has 0 fully saturated rings. The van der Waals surface area contributed by atoms with Crippen molar-refractivity contribution in [3.63, 3.8) is 0 Å². The summed E-state index contributed by atoms with van der Waals surface area (Å²) in [6.45, 7) is 7.06. The zero-order chi connectivity index (χ0) is 17.1. The predicted octanol–water partition coefficient (Wildman–Crippen LogP) is 3.65. The van der Waals surface area contributed by atoms with Gasteiger partial charge in [0.25, 0.3) is 5.91 Å². The quantitative estimate of drug-likeness (QED) is 0.792. The first-order chi connectivity index (χ1) is 10.9. The van der Waals surface area contributed by atoms with Crippen LogP contribution in [-0.4, -0.2) is 29.0 Å². The molecule has 0 aliphatic carbocycles. The molecule has 1 unspecified atom stereocenters. The molecule has 0 spiro atoms. The molecule has 1 aliphatic heterocycles. The van der Waals surface area contributed by atoms with Crippen LogP contribution in [0.15, 0.2) is 29.5 Å². The SMILES string of the molecule is CCN(CC)C(=O)C1=C(C)NC(=S)NC1c1ccc(Cl)c(Cl)c1. The molecule has 2 N–H and O–H groups in total. The minimum atomic E-state index is -0.355. The Bertz CT molecular complexity index is 671. The average Bonchev–Trinajstić information content (AvgIpc) is 2.50. The van der Waals surface area contributed by atoms with Gasteiger partial charge in [0.1, 0.15) is 0 Å². The molecule has 1 aromatic carbocycles. The summed E-state index contributed by atoms with van der Waals surface area (Å²) in [6, 6.07) is 4.98. The maximum Gasteiger partial charge on any atom is 0.253 e. The van der Waals surface area contributed by atoms with E-state index in [0.29, 0.717) is 33.8 Å². The number of carbonyl (C=O) groups excluding carboxylic acids is 1. The van der Waals surface area contributed by atoms with E-state index in [1.54, 1.807) is 17.0 Å². The summed E-state index contributed by atoms with van der Waals surface area (Å²) in [5.41, 5.74) is 2.24. The standard InChI is InChI=1S/C16H19Cl2N3OS/c1-4-21(5-2)15(22)13-9(3)19-16(23)20-14(13)10-6-7-11(17)12(18)8-10/h6-8,14H,4-5H2,1-3H3,(H2,19,20,23). The first-order valence-electron chi connectivity index (χ1n) is 7.41. The van der Waals surface area contributed by atoms with Gasteiger partial charge in [-0.05, 0) is 50.7 Å². The first kappa shape index (κ1) is 18.0. The van der Waals surface area contributed by atoms with Crippen molar-refractivity contribution in [3.05, 3.63) is 45.1 Å². The van der Waals surface area contributed by atoms with E-state index in [9.17, 15) is 4.79 Å². The molecule has 0 aromatic heterocycles. The third-order valence-electron chi connectivity index (χ3n) is 3.83. The van der Waals surface area contributed by atoms with Gasteiger partial charge in [-0.1, -0.05) is 29.3 Å². The highest BCUT2D eigenvalue weighted by atomic mass is 35.5. The normalized spacial score (nSPS) is 17.6. The van der Waals surface area contributed by atoms with Crippen LogP contribution in [0.25, 0.3) is 0 Å². The molecule has 23 heavy (non-hydrogen) atoms. The van der Waals surface area contributed by atoms with Gasteiger partial charge in [-0.2, -0.15) is 0 Å². The molecular weight excluding hydrogens is 353 g/mol. The van der Waals surface area contributed by atoms with Crippen LogP contribution in [0.1, 0.15) is 32.4 Å². The minimum Gasteiger partial charge on any atom is -0.351 e. The lowest BCUT2D eigenvalue weighted by molar-refractivity contribution is -0.127. The summed E-state index contributed by atoms with van der Waals surface area (Å²) in [5.74, 6) is -0.0222. The highest BCUT2D eigenvalue weighted by Crippen LogP contribution is 2.32. The van der Waals surface area contributed by atoms with Gasteiger partial charge in [0.05, 0.1) is 21.7 Å². The van der Waals surface area contributed by atoms with Gasteiger partial charge in [-0.25, -0.2) is 0 Å². The molecule has 7 heteroatoms. The van der Waals surface area contributed by atoms with E-state index in [-0.39, 0.29) is 11.9 Å². The maximum atomic E-state index is 12.9. The maximum absolute atomic E-state index is 12.9. The summed E-state index contributed by atoms with van der Waals surface area (Å²) in [5, 5.41) is 7.59. The van der Waals surface area contributed by atoms with Crippen LogP contribution >= 0.6 is 35.4 Å². The van der Waals surface area contributed by atoms with Gasteiger partial charge in [-0.3, -0.25) is 4.79 Å². The van der Waals surface area contributed by atoms with Crippen molar-refractivity contribution in [3.8, 4) is 0 Å². The Morgan fingerprint density at radius 3 is 2.48 bits per heavy atom. The summed E-state index contributed by atoms with van der Waals surface area (Å²) in [6.07, 6.45) is 0. The monoisotopic (exact) mass is 371 g/mol. The number of amides is 1. The molecule has 1 aliphatic rings. The lowest BCUT2D eigenvalue weighted by Gasteiger charge is -2.33. The first-order valence-corrected chi connectivity index (χ1v) is 8.57. The van der Waals surface area contributed by atoms with E-state index in [1.807, 2.05) is 26.8 Å². The number of hydrogen-bond acceptors (Lipinski definition) is 2. The molecule has 2 rings (SSSR count). The van der Waals surface area contributed by atoms with Gasteiger partial charge in [0.2, 0.25) is 0 Å². The van der Waals surface area contributed by atoms with Crippen LogP contribution in [0.5, 0.6) is 0 Å². The molecular formula is C16H19Cl2N3OS. The van der Waals surface area contributed by atoms with E-state index < -0.39 is 0 Å². The van der Waals surface area contributed by atoms with Crippen molar-refractivity contribution in [2.75, 3.05) is 13.1 Å². The van der Waals surface area contributed by atoms with Gasteiger partial charge >= 0.3 is 0 Å². The second kappa shape index (κ2) is 7.51. The van der Waals surface area contributed by atoms with Crippen LogP contribution in [-0.2, 0) is 4.79 Å². The summed E-state index contributed by atoms with van der Waals surface area (Å²) >= 11 is 17.4. The van der Waals surface area contributed by atoms with Crippen LogP contribution < -0.4 is 10.6 Å². The van der Waals surface area contributed by atoms with Crippen molar-refractivity contribution in [2.24, 2.45) is 0 Å². The average molecular weight is 372 g/mol. The number of thiocarbonyl (C=S) groups is 1. The van der Waals surface area contributed by atoms with Crippen molar-refractivity contribution < 1.29 is 4.79 Å². The van der Waals surface area contributed by atoms with Crippen LogP contribution in [0.3, 0.4) is 0 Å². The Kier molecular flexibility index (Phi) is 5.89. The Hall–Kier alpha value is -1.30. The van der Waals surface area contributed by atoms with Gasteiger partial charge in [0.15, 0.2) is 5.11 Å². The van der Waals surface area contributed by atoms with Gasteiger partial charge < -0.3 is 15.5 Å². The molecule has 4 nitrogen and oxygen atoms in total. The predicted molar refractivity (Wildman–Crippen MR) is 98.7 cm³/mol. The zero-order valence-corrected chi connectivity index (χ0v) is 15.6. The van der Waals surface area contributed by atoms with Crippen LogP contribution in [0.2, 0.25) is 10.0 Å². The van der Waals surface area contributed by atoms with Crippen molar-refractivity contribution in [1.82, 2.24) is 15.5 Å². The topological polar surface area (TPSA) is 44.4 Å². The summed E-state index contributed by atoms with van der Waals surface area (Å²) in [7, 11) is 0. The Balaban J connectivity index is 2.49. The number of carbonyl (C=O) groups is 1. The molecule has 1 atom stereocenters. The molecule has 0 saturated heterocycles. The molecule has 0 radical (unpaired) electrons. The van der Waals surface area contributed by atoms with Crippen LogP contribution in [0.4, 0.5) is 0 Å². The molecule has 1 heterocycles. The summed E-state index contributed by atoms with van der Waals surface area (Å²) < 4.78 is 0. The highest BCUT2D eigenvalue weighted by molar-refractivity contribution is 7.80. The fourth-order valence-electron chi connectivity index (χ4n) is 2.60. The molecule has 0 bridgehead atoms. The zero-order valence-electron chi connectivity index (χ0n) is 13.2. The lowest BCUT2D eigenvalue weighted by atomic mass is 9.94.